The predicted octanol–water partition coefficient (Wildman–Crippen LogP) is 1.73. The van der Waals surface area contributed by atoms with Crippen molar-refractivity contribution in [2.45, 2.75) is 17.9 Å². The number of carbonyl (C=O) groups is 2. The molecule has 2 aromatic rings. The maximum absolute atomic E-state index is 12.1. The van der Waals surface area contributed by atoms with Crippen LogP contribution in [0.4, 0.5) is 0 Å². The van der Waals surface area contributed by atoms with Gasteiger partial charge in [0.2, 0.25) is 10.0 Å². The number of hydrogen-bond acceptors (Lipinski definition) is 6. The molecule has 0 bridgehead atoms. The van der Waals surface area contributed by atoms with Gasteiger partial charge in [-0.15, -0.1) is 0 Å². The van der Waals surface area contributed by atoms with Crippen LogP contribution in [0.5, 0.6) is 5.75 Å². The second kappa shape index (κ2) is 9.54. The van der Waals surface area contributed by atoms with Crippen LogP contribution < -0.4 is 15.2 Å². The van der Waals surface area contributed by atoms with Crippen molar-refractivity contribution >= 4 is 33.5 Å². The van der Waals surface area contributed by atoms with Crippen LogP contribution in [0.2, 0.25) is 5.02 Å². The van der Waals surface area contributed by atoms with E-state index in [0.717, 1.165) is 0 Å². The Morgan fingerprint density at radius 1 is 1.11 bits per heavy atom. The number of benzene rings is 2. The number of sulfonamides is 1. The summed E-state index contributed by atoms with van der Waals surface area (Å²) in [5.74, 6) is -0.724. The lowest BCUT2D eigenvalue weighted by molar-refractivity contribution is -0.146. The summed E-state index contributed by atoms with van der Waals surface area (Å²) < 4.78 is 32.7. The summed E-state index contributed by atoms with van der Waals surface area (Å²) in [7, 11) is -3.77. The minimum atomic E-state index is -3.77. The highest BCUT2D eigenvalue weighted by molar-refractivity contribution is 7.89. The second-order valence-electron chi connectivity index (χ2n) is 5.71. The quantitative estimate of drug-likeness (QED) is 0.489. The van der Waals surface area contributed by atoms with Crippen molar-refractivity contribution < 1.29 is 27.5 Å². The van der Waals surface area contributed by atoms with E-state index in [4.69, 9.17) is 26.2 Å². The number of carbonyl (C=O) groups excluding carboxylic acids is 2. The molecule has 0 saturated heterocycles. The maximum atomic E-state index is 12.1. The highest BCUT2D eigenvalue weighted by atomic mass is 35.5. The molecule has 1 atom stereocenters. The van der Waals surface area contributed by atoms with Gasteiger partial charge in [0, 0.05) is 0 Å². The van der Waals surface area contributed by atoms with Crippen LogP contribution in [0.15, 0.2) is 53.4 Å². The number of esters is 1. The molecular formula is C18H19ClN2O6S. The first-order chi connectivity index (χ1) is 13.2. The van der Waals surface area contributed by atoms with Crippen LogP contribution in [-0.2, 0) is 19.6 Å². The molecule has 150 valence electrons. The minimum Gasteiger partial charge on any atom is -0.490 e. The fourth-order valence-electron chi connectivity index (χ4n) is 2.13. The number of ether oxygens (including phenoxy) is 2. The molecule has 0 radical (unpaired) electrons. The topological polar surface area (TPSA) is 125 Å². The van der Waals surface area contributed by atoms with E-state index in [2.05, 4.69) is 5.32 Å². The van der Waals surface area contributed by atoms with E-state index < -0.39 is 27.9 Å². The average Bonchev–Trinajstić information content (AvgIpc) is 2.65. The molecule has 0 heterocycles. The van der Waals surface area contributed by atoms with Gasteiger partial charge in [-0.2, -0.15) is 0 Å². The maximum Gasteiger partial charge on any atom is 0.328 e. The molecule has 0 aromatic heterocycles. The third kappa shape index (κ3) is 6.22. The van der Waals surface area contributed by atoms with E-state index >= 15 is 0 Å². The summed E-state index contributed by atoms with van der Waals surface area (Å²) in [6.07, 6.45) is 0. The van der Waals surface area contributed by atoms with Crippen molar-refractivity contribution in [1.29, 1.82) is 0 Å². The van der Waals surface area contributed by atoms with Crippen molar-refractivity contribution in [2.24, 2.45) is 5.14 Å². The summed E-state index contributed by atoms with van der Waals surface area (Å²) in [5, 5.41) is 7.79. The summed E-state index contributed by atoms with van der Waals surface area (Å²) in [5.41, 5.74) is 0.259. The number of nitrogens with two attached hydrogens (primary N) is 1. The van der Waals surface area contributed by atoms with E-state index in [1.54, 1.807) is 24.3 Å². The lowest BCUT2D eigenvalue weighted by Gasteiger charge is -2.14. The number of rotatable bonds is 8. The first-order valence-corrected chi connectivity index (χ1v) is 10.1. The number of primary sulfonamides is 1. The summed E-state index contributed by atoms with van der Waals surface area (Å²) >= 11 is 5.94. The van der Waals surface area contributed by atoms with Gasteiger partial charge in [0.05, 0.1) is 15.5 Å². The molecule has 3 N–H and O–H groups in total. The Morgan fingerprint density at radius 3 is 2.36 bits per heavy atom. The lowest BCUT2D eigenvalue weighted by Crippen LogP contribution is -2.40. The van der Waals surface area contributed by atoms with Gasteiger partial charge in [-0.05, 0) is 43.3 Å². The smallest absolute Gasteiger partial charge is 0.328 e. The van der Waals surface area contributed by atoms with Gasteiger partial charge in [0.25, 0.3) is 5.91 Å². The van der Waals surface area contributed by atoms with Crippen LogP contribution >= 0.6 is 11.6 Å². The Hall–Kier alpha value is -2.62. The van der Waals surface area contributed by atoms with Crippen LogP contribution in [0.1, 0.15) is 17.3 Å². The van der Waals surface area contributed by atoms with Gasteiger partial charge >= 0.3 is 5.97 Å². The molecule has 0 aliphatic carbocycles. The van der Waals surface area contributed by atoms with Crippen LogP contribution in [0.25, 0.3) is 0 Å². The van der Waals surface area contributed by atoms with Gasteiger partial charge in [-0.1, -0.05) is 23.7 Å². The molecule has 0 aliphatic heterocycles. The third-order valence-electron chi connectivity index (χ3n) is 3.57. The van der Waals surface area contributed by atoms with E-state index in [9.17, 15) is 18.0 Å². The van der Waals surface area contributed by atoms with E-state index in [0.29, 0.717) is 5.75 Å². The molecule has 1 amide bonds. The molecule has 0 saturated carbocycles. The Kier molecular flexibility index (Phi) is 7.38. The van der Waals surface area contributed by atoms with Crippen LogP contribution in [0, 0.1) is 0 Å². The van der Waals surface area contributed by atoms with Crippen LogP contribution in [-0.4, -0.2) is 39.5 Å². The van der Waals surface area contributed by atoms with Gasteiger partial charge in [0.1, 0.15) is 25.0 Å². The zero-order valence-electron chi connectivity index (χ0n) is 14.9. The first-order valence-electron chi connectivity index (χ1n) is 8.16. The second-order valence-corrected chi connectivity index (χ2v) is 7.68. The Labute approximate surface area is 167 Å². The Balaban J connectivity index is 1.76. The standard InChI is InChI=1S/C18H19ClN2O6S/c1-12(21-17(22)15-4-2-3-5-16(15)19)18(23)27-11-10-26-13-6-8-14(9-7-13)28(20,24)25/h2-9,12H,10-11H2,1H3,(H,21,22)(H2,20,24,25)/t12-/m0/s1. The highest BCUT2D eigenvalue weighted by Crippen LogP contribution is 2.15. The molecular weight excluding hydrogens is 408 g/mol. The molecule has 0 fully saturated rings. The number of amides is 1. The molecule has 8 nitrogen and oxygen atoms in total. The van der Waals surface area contributed by atoms with Crippen molar-refractivity contribution in [2.75, 3.05) is 13.2 Å². The molecule has 0 unspecified atom stereocenters. The zero-order valence-corrected chi connectivity index (χ0v) is 16.5. The van der Waals surface area contributed by atoms with E-state index in [1.807, 2.05) is 0 Å². The van der Waals surface area contributed by atoms with Gasteiger partial charge in [-0.25, -0.2) is 18.4 Å². The largest absolute Gasteiger partial charge is 0.490 e. The molecule has 2 aromatic carbocycles. The number of nitrogens with one attached hydrogen (secondary N) is 1. The first kappa shape index (κ1) is 21.7. The number of halogens is 1. The molecule has 2 rings (SSSR count). The molecule has 28 heavy (non-hydrogen) atoms. The summed E-state index contributed by atoms with van der Waals surface area (Å²) in [4.78, 5) is 24.0. The molecule has 10 heteroatoms. The molecule has 0 spiro atoms. The van der Waals surface area contributed by atoms with Crippen molar-refractivity contribution in [3.63, 3.8) is 0 Å². The third-order valence-corrected chi connectivity index (χ3v) is 4.83. The predicted molar refractivity (Wildman–Crippen MR) is 103 cm³/mol. The normalized spacial score (nSPS) is 12.1. The fourth-order valence-corrected chi connectivity index (χ4v) is 2.87. The van der Waals surface area contributed by atoms with Gasteiger partial charge in [0.15, 0.2) is 0 Å². The summed E-state index contributed by atoms with van der Waals surface area (Å²) in [6, 6.07) is 11.1. The average molecular weight is 427 g/mol. The highest BCUT2D eigenvalue weighted by Gasteiger charge is 2.19. The van der Waals surface area contributed by atoms with Crippen molar-refractivity contribution in [3.05, 3.63) is 59.1 Å². The zero-order chi connectivity index (χ0) is 20.7. The van der Waals surface area contributed by atoms with Crippen molar-refractivity contribution in [1.82, 2.24) is 5.32 Å². The Bertz CT molecular complexity index is 947. The monoisotopic (exact) mass is 426 g/mol. The van der Waals surface area contributed by atoms with Crippen molar-refractivity contribution in [3.8, 4) is 5.75 Å². The van der Waals surface area contributed by atoms with E-state index in [1.165, 1.54) is 31.2 Å². The Morgan fingerprint density at radius 2 is 1.75 bits per heavy atom. The van der Waals surface area contributed by atoms with Crippen LogP contribution in [0.3, 0.4) is 0 Å². The van der Waals surface area contributed by atoms with Gasteiger partial charge in [-0.3, -0.25) is 4.79 Å². The lowest BCUT2D eigenvalue weighted by atomic mass is 10.2. The van der Waals surface area contributed by atoms with E-state index in [-0.39, 0.29) is 28.7 Å². The fraction of sp³-hybridized carbons (Fsp3) is 0.222. The summed E-state index contributed by atoms with van der Waals surface area (Å²) in [6.45, 7) is 1.48. The SMILES string of the molecule is C[C@H](NC(=O)c1ccccc1Cl)C(=O)OCCOc1ccc(S(N)(=O)=O)cc1. The minimum absolute atomic E-state index is 0.0330. The molecule has 0 aliphatic rings. The number of hydrogen-bond donors (Lipinski definition) is 2. The van der Waals surface area contributed by atoms with Gasteiger partial charge < -0.3 is 14.8 Å².